The number of amides is 1. The van der Waals surface area contributed by atoms with Crippen molar-refractivity contribution in [1.29, 1.82) is 0 Å². The summed E-state index contributed by atoms with van der Waals surface area (Å²) < 4.78 is 23.9. The van der Waals surface area contributed by atoms with Crippen molar-refractivity contribution >= 4 is 44.8 Å². The van der Waals surface area contributed by atoms with Gasteiger partial charge in [-0.2, -0.15) is 0 Å². The predicted octanol–water partition coefficient (Wildman–Crippen LogP) is 4.24. The number of carbonyl (C=O) groups excluding carboxylic acids is 2. The van der Waals surface area contributed by atoms with Crippen LogP contribution in [-0.2, 0) is 27.7 Å². The minimum atomic E-state index is -3.91. The Hall–Kier alpha value is -4.05. The minimum absolute atomic E-state index is 0.00123. The van der Waals surface area contributed by atoms with E-state index in [-0.39, 0.29) is 29.4 Å². The molecule has 5 N–H and O–H groups in total. The van der Waals surface area contributed by atoms with Crippen LogP contribution in [-0.4, -0.2) is 25.1 Å². The second kappa shape index (κ2) is 10.9. The number of halogens is 1. The molecule has 1 heterocycles. The lowest BCUT2D eigenvalue weighted by atomic mass is 9.95. The van der Waals surface area contributed by atoms with Gasteiger partial charge < -0.3 is 11.1 Å². The number of hydrogen-bond donors (Lipinski definition) is 3. The Balaban J connectivity index is 1.51. The molecule has 0 spiro atoms. The standard InChI is InChI=1S/C27H23ClN4O4S/c28-21-10-12-26(31-16-21)32-27(34)15-20-13-22(29)11-9-19(20)14-24(33)18-7-5-17(6-8-18)23-3-1-2-4-25(23)37(30,35)36/h1-13,16H,14-15,29H2,(H2,30,35,36)(H,31,32,34). The molecule has 1 aromatic heterocycles. The van der Waals surface area contributed by atoms with Crippen LogP contribution in [0.1, 0.15) is 21.5 Å². The molecule has 0 fully saturated rings. The third-order valence-corrected chi connectivity index (χ3v) is 6.83. The van der Waals surface area contributed by atoms with Crippen molar-refractivity contribution in [1.82, 2.24) is 4.98 Å². The van der Waals surface area contributed by atoms with Gasteiger partial charge in [-0.1, -0.05) is 60.1 Å². The van der Waals surface area contributed by atoms with Gasteiger partial charge in [0.25, 0.3) is 0 Å². The van der Waals surface area contributed by atoms with Crippen LogP contribution in [0.15, 0.2) is 90.0 Å². The molecule has 0 aliphatic carbocycles. The summed E-state index contributed by atoms with van der Waals surface area (Å²) in [7, 11) is -3.91. The number of Topliss-reactive ketones (excluding diaryl/α,β-unsaturated/α-hetero) is 1. The van der Waals surface area contributed by atoms with E-state index < -0.39 is 10.0 Å². The normalized spacial score (nSPS) is 11.2. The first-order chi connectivity index (χ1) is 17.6. The number of primary sulfonamides is 1. The molecule has 0 saturated carbocycles. The number of ketones is 1. The average molecular weight is 535 g/mol. The maximum atomic E-state index is 13.1. The van der Waals surface area contributed by atoms with E-state index in [0.29, 0.717) is 44.3 Å². The zero-order chi connectivity index (χ0) is 26.6. The summed E-state index contributed by atoms with van der Waals surface area (Å²) in [6, 6.07) is 21.3. The van der Waals surface area contributed by atoms with E-state index in [1.807, 2.05) is 0 Å². The molecule has 3 aromatic carbocycles. The average Bonchev–Trinajstić information content (AvgIpc) is 2.86. The van der Waals surface area contributed by atoms with Gasteiger partial charge in [-0.25, -0.2) is 18.5 Å². The van der Waals surface area contributed by atoms with Gasteiger partial charge in [0.2, 0.25) is 15.9 Å². The summed E-state index contributed by atoms with van der Waals surface area (Å²) >= 11 is 5.83. The molecule has 8 nitrogen and oxygen atoms in total. The Labute approximate surface area is 219 Å². The van der Waals surface area contributed by atoms with Gasteiger partial charge in [0, 0.05) is 29.4 Å². The fourth-order valence-corrected chi connectivity index (χ4v) is 4.73. The van der Waals surface area contributed by atoms with Crippen molar-refractivity contribution in [2.45, 2.75) is 17.7 Å². The molecule has 0 bridgehead atoms. The molecule has 0 aliphatic rings. The molecule has 4 aromatic rings. The zero-order valence-corrected chi connectivity index (χ0v) is 21.1. The zero-order valence-electron chi connectivity index (χ0n) is 19.5. The van der Waals surface area contributed by atoms with Gasteiger partial charge in [0.05, 0.1) is 16.3 Å². The van der Waals surface area contributed by atoms with Gasteiger partial charge in [-0.3, -0.25) is 9.59 Å². The number of nitrogens with one attached hydrogen (secondary N) is 1. The number of nitrogens with zero attached hydrogens (tertiary/aromatic N) is 1. The molecule has 10 heteroatoms. The van der Waals surface area contributed by atoms with Gasteiger partial charge in [0.1, 0.15) is 5.82 Å². The number of nitrogen functional groups attached to an aromatic ring is 1. The largest absolute Gasteiger partial charge is 0.399 e. The Morgan fingerprint density at radius 3 is 2.30 bits per heavy atom. The van der Waals surface area contributed by atoms with Crippen molar-refractivity contribution < 1.29 is 18.0 Å². The summed E-state index contributed by atoms with van der Waals surface area (Å²) in [5.41, 5.74) is 9.20. The minimum Gasteiger partial charge on any atom is -0.399 e. The third-order valence-electron chi connectivity index (χ3n) is 5.64. The number of hydrogen-bond acceptors (Lipinski definition) is 6. The van der Waals surface area contributed by atoms with Crippen LogP contribution in [0.5, 0.6) is 0 Å². The van der Waals surface area contributed by atoms with Crippen LogP contribution in [0.25, 0.3) is 11.1 Å². The first-order valence-electron chi connectivity index (χ1n) is 11.1. The highest BCUT2D eigenvalue weighted by Gasteiger charge is 2.17. The van der Waals surface area contributed by atoms with Crippen molar-refractivity contribution in [2.24, 2.45) is 5.14 Å². The molecule has 188 valence electrons. The van der Waals surface area contributed by atoms with Gasteiger partial charge >= 0.3 is 0 Å². The molecular formula is C27H23ClN4O4S. The highest BCUT2D eigenvalue weighted by Crippen LogP contribution is 2.27. The predicted molar refractivity (Wildman–Crippen MR) is 144 cm³/mol. The van der Waals surface area contributed by atoms with Crippen molar-refractivity contribution in [3.63, 3.8) is 0 Å². The fraction of sp³-hybridized carbons (Fsp3) is 0.0741. The number of aromatic nitrogens is 1. The third kappa shape index (κ3) is 6.59. The van der Waals surface area contributed by atoms with Crippen LogP contribution >= 0.6 is 11.6 Å². The molecule has 0 aliphatic heterocycles. The molecular weight excluding hydrogens is 512 g/mol. The van der Waals surface area contributed by atoms with Gasteiger partial charge in [-0.05, 0) is 47.0 Å². The summed E-state index contributed by atoms with van der Waals surface area (Å²) in [5, 5.41) is 8.49. The van der Waals surface area contributed by atoms with Crippen LogP contribution in [0.4, 0.5) is 11.5 Å². The number of nitrogens with two attached hydrogens (primary N) is 2. The molecule has 0 saturated heterocycles. The van der Waals surface area contributed by atoms with Crippen molar-refractivity contribution in [3.05, 3.63) is 107 Å². The summed E-state index contributed by atoms with van der Waals surface area (Å²) in [6.45, 7) is 0. The Morgan fingerprint density at radius 2 is 1.62 bits per heavy atom. The van der Waals surface area contributed by atoms with E-state index in [2.05, 4.69) is 10.3 Å². The van der Waals surface area contributed by atoms with Crippen LogP contribution in [0.2, 0.25) is 5.02 Å². The monoisotopic (exact) mass is 534 g/mol. The topological polar surface area (TPSA) is 145 Å². The highest BCUT2D eigenvalue weighted by molar-refractivity contribution is 7.89. The van der Waals surface area contributed by atoms with Gasteiger partial charge in [-0.15, -0.1) is 0 Å². The summed E-state index contributed by atoms with van der Waals surface area (Å²) in [4.78, 5) is 29.7. The van der Waals surface area contributed by atoms with E-state index in [4.69, 9.17) is 22.5 Å². The van der Waals surface area contributed by atoms with E-state index in [1.165, 1.54) is 12.3 Å². The lowest BCUT2D eigenvalue weighted by Gasteiger charge is -2.12. The first kappa shape index (κ1) is 26.0. The van der Waals surface area contributed by atoms with Crippen LogP contribution in [0.3, 0.4) is 0 Å². The smallest absolute Gasteiger partial charge is 0.238 e. The lowest BCUT2D eigenvalue weighted by molar-refractivity contribution is -0.115. The van der Waals surface area contributed by atoms with E-state index in [1.54, 1.807) is 72.8 Å². The molecule has 0 atom stereocenters. The number of anilines is 2. The van der Waals surface area contributed by atoms with E-state index >= 15 is 0 Å². The molecule has 1 amide bonds. The second-order valence-electron chi connectivity index (χ2n) is 8.33. The van der Waals surface area contributed by atoms with E-state index in [0.717, 1.165) is 0 Å². The van der Waals surface area contributed by atoms with Crippen LogP contribution in [0, 0.1) is 0 Å². The maximum Gasteiger partial charge on any atom is 0.238 e. The molecule has 4 rings (SSSR count). The number of carbonyl (C=O) groups is 2. The molecule has 0 radical (unpaired) electrons. The van der Waals surface area contributed by atoms with E-state index in [9.17, 15) is 18.0 Å². The van der Waals surface area contributed by atoms with Crippen LogP contribution < -0.4 is 16.2 Å². The Morgan fingerprint density at radius 1 is 0.892 bits per heavy atom. The fourth-order valence-electron chi connectivity index (χ4n) is 3.86. The van der Waals surface area contributed by atoms with Gasteiger partial charge in [0.15, 0.2) is 5.78 Å². The lowest BCUT2D eigenvalue weighted by Crippen LogP contribution is -2.17. The van der Waals surface area contributed by atoms with Crippen molar-refractivity contribution in [3.8, 4) is 11.1 Å². The highest BCUT2D eigenvalue weighted by atomic mass is 35.5. The maximum absolute atomic E-state index is 13.1. The molecule has 0 unspecified atom stereocenters. The Kier molecular flexibility index (Phi) is 7.68. The molecule has 37 heavy (non-hydrogen) atoms. The SMILES string of the molecule is Nc1ccc(CC(=O)c2ccc(-c3ccccc3S(N)(=O)=O)cc2)c(CC(=O)Nc2ccc(Cl)cn2)c1. The number of pyridine rings is 1. The number of benzene rings is 3. The second-order valence-corrected chi connectivity index (χ2v) is 10.3. The van der Waals surface area contributed by atoms with Crippen molar-refractivity contribution in [2.75, 3.05) is 11.1 Å². The number of sulfonamides is 1. The number of rotatable bonds is 8. The Bertz CT molecular complexity index is 1570. The quantitative estimate of drug-likeness (QED) is 0.228. The summed E-state index contributed by atoms with van der Waals surface area (Å²) in [5.74, 6) is -0.121. The summed E-state index contributed by atoms with van der Waals surface area (Å²) in [6.07, 6.45) is 1.48. The first-order valence-corrected chi connectivity index (χ1v) is 13.1.